The maximum absolute atomic E-state index is 11.3. The van der Waals surface area contributed by atoms with Crippen molar-refractivity contribution in [3.63, 3.8) is 0 Å². The van der Waals surface area contributed by atoms with Crippen LogP contribution in [0.5, 0.6) is 0 Å². The van der Waals surface area contributed by atoms with Crippen molar-refractivity contribution in [2.24, 2.45) is 0 Å². The summed E-state index contributed by atoms with van der Waals surface area (Å²) in [6, 6.07) is 0. The van der Waals surface area contributed by atoms with Crippen LogP contribution in [0.3, 0.4) is 0 Å². The third kappa shape index (κ3) is 132. The molecule has 8 nitrogen and oxygen atoms in total. The second-order valence-electron chi connectivity index (χ2n) is 29.3. The Hall–Kier alpha value is 0.187. The SMILES string of the molecule is C.C.CCCCCCCCCCCC/C=C/CCCCCCC(=O)OCC[S-].CCCCCCCCCCCC/C=C/CCCCCCC(=O)OCC[S-].CCCCCCCCCCCC/C=C/CCCCCCC(=O)OCC[S-].CCCCCCCCCCCC/C=C/CCCCCCC(=O)OCC[S-].S.[Sn+2].[Sn+2]. The molecule has 0 aromatic carbocycles. The standard InChI is InChI=1S/4C23H44O2S.2CH4.H2S.2Sn/c4*1-2-3-4-5-6-7-8-9-10-11-12-13-14-15-16-17-18-19-20-23(24)25-21-22-26;;;;;/h4*13-14,26H,2-12,15-22H2,1H3;2*1H4;1H2;;/q;;;;;;;2*+2/p-4/b4*14-13+;;;;;. The van der Waals surface area contributed by atoms with Crippen LogP contribution in [0.25, 0.3) is 0 Å². The first-order valence-corrected chi connectivity index (χ1v) is 47.1. The van der Waals surface area contributed by atoms with Crippen molar-refractivity contribution in [2.45, 2.75) is 479 Å². The number of allylic oxidation sites excluding steroid dienone is 8. The normalized spacial score (nSPS) is 10.8. The van der Waals surface area contributed by atoms with Crippen LogP contribution in [-0.4, -0.2) is 121 Å². The fourth-order valence-corrected chi connectivity index (χ4v) is 12.7. The summed E-state index contributed by atoms with van der Waals surface area (Å²) >= 11 is 19.0. The van der Waals surface area contributed by atoms with Gasteiger partial charge in [0.15, 0.2) is 0 Å². The molecule has 0 aromatic heterocycles. The molecule has 109 heavy (non-hydrogen) atoms. The Morgan fingerprint density at radius 1 is 0.202 bits per heavy atom. The van der Waals surface area contributed by atoms with Gasteiger partial charge in [0.2, 0.25) is 0 Å². The molecule has 0 amide bonds. The zero-order valence-corrected chi connectivity index (χ0v) is 80.7. The second-order valence-corrected chi connectivity index (χ2v) is 30.9. The molecule has 0 aliphatic heterocycles. The van der Waals surface area contributed by atoms with E-state index in [0.29, 0.717) is 75.1 Å². The summed E-state index contributed by atoms with van der Waals surface area (Å²) in [5.41, 5.74) is 0. The molecular weight excluding hydrogens is 1650 g/mol. The van der Waals surface area contributed by atoms with Gasteiger partial charge in [0.05, 0.1) is 26.4 Å². The van der Waals surface area contributed by atoms with Crippen LogP contribution < -0.4 is 0 Å². The first-order valence-electron chi connectivity index (χ1n) is 44.8. The Morgan fingerprint density at radius 3 is 0.431 bits per heavy atom. The minimum atomic E-state index is -0.0914. The van der Waals surface area contributed by atoms with Gasteiger partial charge in [-0.3, -0.25) is 19.2 Å². The van der Waals surface area contributed by atoms with E-state index in [1.165, 1.54) is 360 Å². The van der Waals surface area contributed by atoms with Crippen molar-refractivity contribution < 1.29 is 38.1 Å². The summed E-state index contributed by atoms with van der Waals surface area (Å²) in [5, 5.41) is 0. The molecule has 0 N–H and O–H groups in total. The average molecular weight is 1840 g/mol. The molecule has 0 aliphatic carbocycles. The molecule has 0 heterocycles. The molecular formula is C94H182O8S5Sn2. The van der Waals surface area contributed by atoms with Crippen molar-refractivity contribution in [1.82, 2.24) is 0 Å². The summed E-state index contributed by atoms with van der Waals surface area (Å²) in [4.78, 5) is 45.2. The number of hydrogen-bond acceptors (Lipinski definition) is 12. The van der Waals surface area contributed by atoms with Crippen molar-refractivity contribution in [3.05, 3.63) is 48.6 Å². The Kier molecular flexibility index (Phi) is 145. The van der Waals surface area contributed by atoms with Crippen molar-refractivity contribution in [3.8, 4) is 0 Å². The van der Waals surface area contributed by atoms with E-state index in [0.717, 1.165) is 51.4 Å². The van der Waals surface area contributed by atoms with E-state index in [2.05, 4.69) is 76.3 Å². The minimum absolute atomic E-state index is 0. The van der Waals surface area contributed by atoms with Gasteiger partial charge in [0, 0.05) is 25.7 Å². The van der Waals surface area contributed by atoms with E-state index >= 15 is 0 Å². The molecule has 0 saturated heterocycles. The third-order valence-electron chi connectivity index (χ3n) is 19.0. The van der Waals surface area contributed by atoms with Gasteiger partial charge in [-0.05, 0) is 128 Å². The van der Waals surface area contributed by atoms with E-state index in [1.807, 2.05) is 0 Å². The summed E-state index contributed by atoms with van der Waals surface area (Å²) in [7, 11) is 0. The predicted octanol–water partition coefficient (Wildman–Crippen LogP) is 29.8. The van der Waals surface area contributed by atoms with Gasteiger partial charge in [0.1, 0.15) is 0 Å². The molecule has 15 heteroatoms. The predicted molar refractivity (Wildman–Crippen MR) is 501 cm³/mol. The molecule has 0 bridgehead atoms. The number of carbonyl (C=O) groups is 4. The first-order chi connectivity index (χ1) is 51.2. The molecule has 644 valence electrons. The fraction of sp³-hybridized carbons (Fsp3) is 0.872. The van der Waals surface area contributed by atoms with E-state index in [1.54, 1.807) is 0 Å². The average Bonchev–Trinajstić information content (AvgIpc) is 2.78. The zero-order chi connectivity index (χ0) is 76.5. The van der Waals surface area contributed by atoms with E-state index < -0.39 is 0 Å². The Balaban J connectivity index is -0.000000172. The largest absolute Gasteiger partial charge is 2.00 e. The van der Waals surface area contributed by atoms with Crippen LogP contribution >= 0.6 is 13.5 Å². The fourth-order valence-electron chi connectivity index (χ4n) is 12.4. The van der Waals surface area contributed by atoms with Gasteiger partial charge >= 0.3 is 71.7 Å². The first kappa shape index (κ1) is 127. The maximum atomic E-state index is 11.3. The Bertz CT molecular complexity index is 1530. The van der Waals surface area contributed by atoms with Crippen LogP contribution in [0.1, 0.15) is 479 Å². The summed E-state index contributed by atoms with van der Waals surface area (Å²) in [6.45, 7) is 10.7. The number of ether oxygens (including phenoxy) is 4. The number of carbonyl (C=O) groups excluding carboxylic acids is 4. The number of esters is 4. The molecule has 0 saturated carbocycles. The van der Waals surface area contributed by atoms with E-state index in [4.69, 9.17) is 69.5 Å². The van der Waals surface area contributed by atoms with Gasteiger partial charge < -0.3 is 69.5 Å². The van der Waals surface area contributed by atoms with Crippen molar-refractivity contribution in [2.75, 3.05) is 49.4 Å². The summed E-state index contributed by atoms with van der Waals surface area (Å²) < 4.78 is 19.9. The molecule has 0 atom stereocenters. The summed E-state index contributed by atoms with van der Waals surface area (Å²) in [6.07, 6.45) is 105. The smallest absolute Gasteiger partial charge is 0.789 e. The molecule has 0 rings (SSSR count). The third-order valence-corrected chi connectivity index (χ3v) is 19.6. The minimum Gasteiger partial charge on any atom is -0.789 e. The second kappa shape index (κ2) is 124. The monoisotopic (exact) mass is 1840 g/mol. The van der Waals surface area contributed by atoms with Crippen molar-refractivity contribution in [1.29, 1.82) is 0 Å². The Morgan fingerprint density at radius 2 is 0.312 bits per heavy atom. The van der Waals surface area contributed by atoms with Crippen LogP contribution in [0.4, 0.5) is 0 Å². The van der Waals surface area contributed by atoms with E-state index in [9.17, 15) is 19.2 Å². The molecule has 0 fully saturated rings. The number of hydrogen-bond donors (Lipinski definition) is 0. The molecule has 0 spiro atoms. The summed E-state index contributed by atoms with van der Waals surface area (Å²) in [5.74, 6) is 1.62. The van der Waals surface area contributed by atoms with Crippen LogP contribution in [0.15, 0.2) is 48.6 Å². The van der Waals surface area contributed by atoms with E-state index in [-0.39, 0.29) is 100 Å². The van der Waals surface area contributed by atoms with Gasteiger partial charge in [-0.15, -0.1) is 23.0 Å². The van der Waals surface area contributed by atoms with Gasteiger partial charge in [-0.2, -0.15) is 13.5 Å². The molecule has 0 aliphatic rings. The zero-order valence-electron chi connectivity index (χ0n) is 70.8. The van der Waals surface area contributed by atoms with Crippen LogP contribution in [0.2, 0.25) is 0 Å². The quantitative estimate of drug-likeness (QED) is 0.0145. The maximum Gasteiger partial charge on any atom is 2.00 e. The molecule has 0 aromatic rings. The van der Waals surface area contributed by atoms with Gasteiger partial charge in [-0.25, -0.2) is 0 Å². The van der Waals surface area contributed by atoms with Gasteiger partial charge in [0.25, 0.3) is 0 Å². The molecule has 0 unspecified atom stereocenters. The van der Waals surface area contributed by atoms with Crippen LogP contribution in [-0.2, 0) is 88.6 Å². The van der Waals surface area contributed by atoms with Crippen LogP contribution in [0, 0.1) is 0 Å². The number of rotatable bonds is 80. The Labute approximate surface area is 744 Å². The molecule has 4 radical (unpaired) electrons. The topological polar surface area (TPSA) is 105 Å². The number of unbranched alkanes of at least 4 members (excludes halogenated alkanes) is 56. The van der Waals surface area contributed by atoms with Gasteiger partial charge in [-0.1, -0.05) is 374 Å². The van der Waals surface area contributed by atoms with Crippen molar-refractivity contribution >= 4 is 136 Å².